The number of fused-ring (bicyclic) bond motifs is 1. The van der Waals surface area contributed by atoms with Crippen molar-refractivity contribution >= 4 is 0 Å². The van der Waals surface area contributed by atoms with Gasteiger partial charge >= 0.3 is 0 Å². The fraction of sp³-hybridized carbons (Fsp3) is 0.333. The summed E-state index contributed by atoms with van der Waals surface area (Å²) in [6, 6.07) is 19.1. The lowest BCUT2D eigenvalue weighted by Gasteiger charge is -2.23. The first-order valence-corrected chi connectivity index (χ1v) is 7.41. The quantitative estimate of drug-likeness (QED) is 0.891. The zero-order valence-corrected chi connectivity index (χ0v) is 11.9. The Morgan fingerprint density at radius 1 is 1.05 bits per heavy atom. The molecule has 104 valence electrons. The highest BCUT2D eigenvalue weighted by molar-refractivity contribution is 5.37. The molecule has 1 aliphatic carbocycles. The molecular weight excluding hydrogens is 246 g/mol. The summed E-state index contributed by atoms with van der Waals surface area (Å²) in [5.41, 5.74) is 2.80. The summed E-state index contributed by atoms with van der Waals surface area (Å²) in [5, 5.41) is 3.63. The van der Waals surface area contributed by atoms with Crippen LogP contribution >= 0.6 is 0 Å². The van der Waals surface area contributed by atoms with E-state index in [2.05, 4.69) is 36.5 Å². The van der Waals surface area contributed by atoms with E-state index < -0.39 is 0 Å². The van der Waals surface area contributed by atoms with Crippen LogP contribution in [-0.2, 0) is 6.42 Å². The standard InChI is InChI=1S/C18H21NO/c1-2-12-19-18-16-11-7-6-8-14(16)13-17(18)20-15-9-4-3-5-10-15/h3-11,17-19H,2,12-13H2,1H3. The van der Waals surface area contributed by atoms with Gasteiger partial charge in [0.05, 0.1) is 6.04 Å². The van der Waals surface area contributed by atoms with Gasteiger partial charge in [-0.1, -0.05) is 49.4 Å². The molecule has 2 nitrogen and oxygen atoms in total. The van der Waals surface area contributed by atoms with E-state index >= 15 is 0 Å². The number of benzene rings is 2. The Bertz CT molecular complexity index is 552. The molecule has 3 rings (SSSR count). The highest BCUT2D eigenvalue weighted by Gasteiger charge is 2.33. The fourth-order valence-corrected chi connectivity index (χ4v) is 2.88. The lowest BCUT2D eigenvalue weighted by Crippen LogP contribution is -2.33. The van der Waals surface area contributed by atoms with Crippen molar-refractivity contribution < 1.29 is 4.74 Å². The molecule has 0 saturated heterocycles. The van der Waals surface area contributed by atoms with Crippen molar-refractivity contribution in [3.05, 3.63) is 65.7 Å². The van der Waals surface area contributed by atoms with Gasteiger partial charge in [0.25, 0.3) is 0 Å². The van der Waals surface area contributed by atoms with Crippen LogP contribution in [0.2, 0.25) is 0 Å². The van der Waals surface area contributed by atoms with Crippen LogP contribution in [0, 0.1) is 0 Å². The molecule has 0 amide bonds. The van der Waals surface area contributed by atoms with Crippen molar-refractivity contribution in [3.8, 4) is 5.75 Å². The van der Waals surface area contributed by atoms with Gasteiger partial charge in [0.15, 0.2) is 0 Å². The van der Waals surface area contributed by atoms with E-state index in [1.807, 2.05) is 30.3 Å². The monoisotopic (exact) mass is 267 g/mol. The molecule has 0 aliphatic heterocycles. The number of para-hydroxylation sites is 1. The van der Waals surface area contributed by atoms with Gasteiger partial charge in [-0.25, -0.2) is 0 Å². The van der Waals surface area contributed by atoms with Crippen molar-refractivity contribution in [2.75, 3.05) is 6.54 Å². The zero-order chi connectivity index (χ0) is 13.8. The molecule has 0 aromatic heterocycles. The van der Waals surface area contributed by atoms with Crippen LogP contribution in [-0.4, -0.2) is 12.6 Å². The molecule has 2 atom stereocenters. The van der Waals surface area contributed by atoms with Crippen molar-refractivity contribution in [1.29, 1.82) is 0 Å². The predicted molar refractivity (Wildman–Crippen MR) is 82.0 cm³/mol. The molecule has 1 N–H and O–H groups in total. The van der Waals surface area contributed by atoms with E-state index in [9.17, 15) is 0 Å². The van der Waals surface area contributed by atoms with Gasteiger partial charge in [0.1, 0.15) is 11.9 Å². The summed E-state index contributed by atoms with van der Waals surface area (Å²) >= 11 is 0. The normalized spacial score (nSPS) is 20.6. The minimum atomic E-state index is 0.182. The number of hydrogen-bond donors (Lipinski definition) is 1. The lowest BCUT2D eigenvalue weighted by molar-refractivity contribution is 0.167. The van der Waals surface area contributed by atoms with Crippen molar-refractivity contribution in [2.24, 2.45) is 0 Å². The maximum atomic E-state index is 6.20. The van der Waals surface area contributed by atoms with Gasteiger partial charge in [0.2, 0.25) is 0 Å². The van der Waals surface area contributed by atoms with Crippen LogP contribution in [0.4, 0.5) is 0 Å². The summed E-state index contributed by atoms with van der Waals surface area (Å²) in [5.74, 6) is 0.952. The second kappa shape index (κ2) is 6.10. The van der Waals surface area contributed by atoms with Gasteiger partial charge in [-0.2, -0.15) is 0 Å². The summed E-state index contributed by atoms with van der Waals surface area (Å²) in [6.07, 6.45) is 2.30. The Morgan fingerprint density at radius 2 is 1.80 bits per heavy atom. The Kier molecular flexibility index (Phi) is 4.03. The largest absolute Gasteiger partial charge is 0.488 e. The molecule has 2 aromatic rings. The minimum absolute atomic E-state index is 0.182. The highest BCUT2D eigenvalue weighted by Crippen LogP contribution is 2.34. The minimum Gasteiger partial charge on any atom is -0.488 e. The van der Waals surface area contributed by atoms with E-state index in [-0.39, 0.29) is 6.10 Å². The summed E-state index contributed by atoms with van der Waals surface area (Å²) in [6.45, 7) is 3.22. The molecule has 1 aliphatic rings. The molecule has 20 heavy (non-hydrogen) atoms. The third-order valence-electron chi connectivity index (χ3n) is 3.83. The first-order chi connectivity index (χ1) is 9.88. The topological polar surface area (TPSA) is 21.3 Å². The Balaban J connectivity index is 1.80. The lowest BCUT2D eigenvalue weighted by atomic mass is 10.1. The second-order valence-electron chi connectivity index (χ2n) is 5.30. The van der Waals surface area contributed by atoms with Crippen LogP contribution in [0.15, 0.2) is 54.6 Å². The van der Waals surface area contributed by atoms with E-state index in [1.165, 1.54) is 11.1 Å². The molecule has 0 radical (unpaired) electrons. The first kappa shape index (κ1) is 13.2. The third-order valence-corrected chi connectivity index (χ3v) is 3.83. The maximum Gasteiger partial charge on any atom is 0.122 e. The Hall–Kier alpha value is -1.80. The molecule has 2 unspecified atom stereocenters. The third kappa shape index (κ3) is 2.70. The Labute approximate surface area is 120 Å². The van der Waals surface area contributed by atoms with Crippen LogP contribution in [0.5, 0.6) is 5.75 Å². The molecule has 0 heterocycles. The van der Waals surface area contributed by atoms with E-state index in [0.29, 0.717) is 6.04 Å². The van der Waals surface area contributed by atoms with Crippen LogP contribution in [0.1, 0.15) is 30.5 Å². The number of hydrogen-bond acceptors (Lipinski definition) is 2. The first-order valence-electron chi connectivity index (χ1n) is 7.41. The average molecular weight is 267 g/mol. The predicted octanol–water partition coefficient (Wildman–Crippen LogP) is 3.73. The molecule has 0 spiro atoms. The highest BCUT2D eigenvalue weighted by atomic mass is 16.5. The molecule has 0 saturated carbocycles. The van der Waals surface area contributed by atoms with E-state index in [4.69, 9.17) is 4.74 Å². The SMILES string of the molecule is CCCNC1c2ccccc2CC1Oc1ccccc1. The van der Waals surface area contributed by atoms with E-state index in [1.54, 1.807) is 0 Å². The van der Waals surface area contributed by atoms with E-state index in [0.717, 1.165) is 25.1 Å². The summed E-state index contributed by atoms with van der Waals surface area (Å²) in [4.78, 5) is 0. The van der Waals surface area contributed by atoms with Crippen LogP contribution in [0.3, 0.4) is 0 Å². The maximum absolute atomic E-state index is 6.20. The summed E-state index contributed by atoms with van der Waals surface area (Å²) < 4.78 is 6.20. The van der Waals surface area contributed by atoms with Gasteiger partial charge < -0.3 is 10.1 Å². The fourth-order valence-electron chi connectivity index (χ4n) is 2.88. The number of ether oxygens (including phenoxy) is 1. The molecule has 2 heteroatoms. The van der Waals surface area contributed by atoms with Gasteiger partial charge in [-0.15, -0.1) is 0 Å². The second-order valence-corrected chi connectivity index (χ2v) is 5.30. The van der Waals surface area contributed by atoms with Crippen molar-refractivity contribution in [3.63, 3.8) is 0 Å². The van der Waals surface area contributed by atoms with Crippen molar-refractivity contribution in [2.45, 2.75) is 31.9 Å². The Morgan fingerprint density at radius 3 is 2.60 bits per heavy atom. The van der Waals surface area contributed by atoms with Gasteiger partial charge in [-0.3, -0.25) is 0 Å². The smallest absolute Gasteiger partial charge is 0.122 e. The molecule has 0 bridgehead atoms. The van der Waals surface area contributed by atoms with Crippen LogP contribution in [0.25, 0.3) is 0 Å². The van der Waals surface area contributed by atoms with Gasteiger partial charge in [-0.05, 0) is 36.2 Å². The zero-order valence-electron chi connectivity index (χ0n) is 11.9. The number of nitrogens with one attached hydrogen (secondary N) is 1. The average Bonchev–Trinajstić information content (AvgIpc) is 2.83. The van der Waals surface area contributed by atoms with Crippen molar-refractivity contribution in [1.82, 2.24) is 5.32 Å². The van der Waals surface area contributed by atoms with Gasteiger partial charge in [0, 0.05) is 6.42 Å². The van der Waals surface area contributed by atoms with Crippen LogP contribution < -0.4 is 10.1 Å². The summed E-state index contributed by atoms with van der Waals surface area (Å²) in [7, 11) is 0. The molecular formula is C18H21NO. The number of rotatable bonds is 5. The molecule has 2 aromatic carbocycles. The molecule has 0 fully saturated rings.